The van der Waals surface area contributed by atoms with Crippen molar-refractivity contribution in [1.82, 2.24) is 0 Å². The normalized spacial score (nSPS) is 13.4. The Labute approximate surface area is 163 Å². The van der Waals surface area contributed by atoms with Crippen LogP contribution in [-0.2, 0) is 30.6 Å². The van der Waals surface area contributed by atoms with Crippen LogP contribution in [0.5, 0.6) is 0 Å². The third kappa shape index (κ3) is 3.60. The van der Waals surface area contributed by atoms with Crippen LogP contribution in [0.4, 0.5) is 24.5 Å². The molecule has 0 aliphatic carbocycles. The van der Waals surface area contributed by atoms with Crippen molar-refractivity contribution in [1.29, 1.82) is 0 Å². The van der Waals surface area contributed by atoms with Crippen molar-refractivity contribution in [2.45, 2.75) is 53.0 Å². The first-order chi connectivity index (χ1) is 13.4. The van der Waals surface area contributed by atoms with E-state index in [1.165, 1.54) is 12.1 Å². The summed E-state index contributed by atoms with van der Waals surface area (Å²) in [6.07, 6.45) is 1.42. The third-order valence-corrected chi connectivity index (χ3v) is 5.34. The van der Waals surface area contributed by atoms with Gasteiger partial charge in [0.15, 0.2) is 11.6 Å². The van der Waals surface area contributed by atoms with E-state index in [-0.39, 0.29) is 29.5 Å². The summed E-state index contributed by atoms with van der Waals surface area (Å²) >= 11 is 0. The lowest BCUT2D eigenvalue weighted by atomic mass is 9.96. The highest BCUT2D eigenvalue weighted by Crippen LogP contribution is 2.38. The lowest BCUT2D eigenvalue weighted by Gasteiger charge is -2.33. The average molecular weight is 390 g/mol. The first-order valence-electron chi connectivity index (χ1n) is 9.75. The van der Waals surface area contributed by atoms with Crippen molar-refractivity contribution >= 4 is 17.3 Å². The van der Waals surface area contributed by atoms with Gasteiger partial charge < -0.3 is 10.2 Å². The molecule has 0 atom stereocenters. The molecular formula is C22H25F3N2O. The van der Waals surface area contributed by atoms with E-state index in [1.54, 1.807) is 31.7 Å². The quantitative estimate of drug-likeness (QED) is 0.767. The van der Waals surface area contributed by atoms with Crippen LogP contribution in [0.15, 0.2) is 18.2 Å². The summed E-state index contributed by atoms with van der Waals surface area (Å²) in [4.78, 5) is 13.6. The number of hydrogen-bond donors (Lipinski definition) is 1. The van der Waals surface area contributed by atoms with Crippen LogP contribution in [0.2, 0.25) is 0 Å². The number of rotatable bonds is 5. The second kappa shape index (κ2) is 8.25. The number of carbonyl (C=O) groups excluding carboxylic acids is 1. The lowest BCUT2D eigenvalue weighted by molar-refractivity contribution is -0.115. The summed E-state index contributed by atoms with van der Waals surface area (Å²) in [5.74, 6) is -1.84. The molecule has 1 amide bonds. The first kappa shape index (κ1) is 20.2. The molecule has 1 aliphatic heterocycles. The van der Waals surface area contributed by atoms with Crippen LogP contribution in [0.3, 0.4) is 0 Å². The number of benzene rings is 2. The minimum Gasteiger partial charge on any atom is -0.362 e. The molecule has 3 rings (SSSR count). The molecule has 2 aromatic rings. The van der Waals surface area contributed by atoms with Gasteiger partial charge in [-0.3, -0.25) is 4.79 Å². The lowest BCUT2D eigenvalue weighted by Crippen LogP contribution is -2.33. The Morgan fingerprint density at radius 3 is 2.25 bits per heavy atom. The summed E-state index contributed by atoms with van der Waals surface area (Å²) in [7, 11) is 0. The highest BCUT2D eigenvalue weighted by molar-refractivity contribution is 5.93. The Morgan fingerprint density at radius 1 is 1.04 bits per heavy atom. The maximum absolute atomic E-state index is 15.4. The van der Waals surface area contributed by atoms with E-state index in [0.29, 0.717) is 43.5 Å². The molecule has 6 heteroatoms. The van der Waals surface area contributed by atoms with Crippen molar-refractivity contribution in [3.05, 3.63) is 57.9 Å². The van der Waals surface area contributed by atoms with Gasteiger partial charge in [-0.1, -0.05) is 26.8 Å². The van der Waals surface area contributed by atoms with Gasteiger partial charge in [0.1, 0.15) is 11.5 Å². The molecule has 0 aromatic heterocycles. The summed E-state index contributed by atoms with van der Waals surface area (Å²) in [6, 6.07) is 4.52. The molecule has 0 bridgehead atoms. The van der Waals surface area contributed by atoms with E-state index < -0.39 is 11.6 Å². The minimum absolute atomic E-state index is 0.0572. The van der Waals surface area contributed by atoms with Crippen LogP contribution < -0.4 is 10.2 Å². The second-order valence-electron chi connectivity index (χ2n) is 7.00. The molecule has 0 saturated carbocycles. The van der Waals surface area contributed by atoms with Crippen LogP contribution in [0, 0.1) is 17.5 Å². The maximum atomic E-state index is 15.4. The number of anilines is 2. The van der Waals surface area contributed by atoms with E-state index in [9.17, 15) is 9.18 Å². The number of carbonyl (C=O) groups is 1. The molecule has 0 fully saturated rings. The van der Waals surface area contributed by atoms with Crippen LogP contribution in [-0.4, -0.2) is 12.5 Å². The van der Waals surface area contributed by atoms with Crippen LogP contribution >= 0.6 is 0 Å². The fourth-order valence-corrected chi connectivity index (χ4v) is 3.82. The average Bonchev–Trinajstić information content (AvgIpc) is 2.68. The van der Waals surface area contributed by atoms with Gasteiger partial charge in [0.05, 0.1) is 5.69 Å². The second-order valence-corrected chi connectivity index (χ2v) is 7.00. The smallest absolute Gasteiger partial charge is 0.224 e. The predicted octanol–water partition coefficient (Wildman–Crippen LogP) is 5.14. The van der Waals surface area contributed by atoms with Gasteiger partial charge >= 0.3 is 0 Å². The van der Waals surface area contributed by atoms with Crippen molar-refractivity contribution in [2.24, 2.45) is 0 Å². The first-order valence-corrected chi connectivity index (χ1v) is 9.75. The molecule has 0 spiro atoms. The molecule has 1 heterocycles. The fourth-order valence-electron chi connectivity index (χ4n) is 3.82. The van der Waals surface area contributed by atoms with E-state index in [2.05, 4.69) is 5.32 Å². The summed E-state index contributed by atoms with van der Waals surface area (Å²) in [5.41, 5.74) is 2.58. The number of nitrogens with one attached hydrogen (secondary N) is 1. The Bertz CT molecular complexity index is 880. The molecular weight excluding hydrogens is 365 g/mol. The number of fused-ring (bicyclic) bond motifs is 1. The molecule has 28 heavy (non-hydrogen) atoms. The Hall–Kier alpha value is -2.50. The van der Waals surface area contributed by atoms with E-state index >= 15 is 8.78 Å². The van der Waals surface area contributed by atoms with Crippen molar-refractivity contribution in [3.8, 4) is 0 Å². The van der Waals surface area contributed by atoms with Crippen LogP contribution in [0.1, 0.15) is 49.4 Å². The van der Waals surface area contributed by atoms with Gasteiger partial charge in [-0.15, -0.1) is 0 Å². The highest BCUT2D eigenvalue weighted by atomic mass is 19.1. The van der Waals surface area contributed by atoms with Crippen molar-refractivity contribution in [2.75, 3.05) is 16.8 Å². The molecule has 0 saturated heterocycles. The van der Waals surface area contributed by atoms with Crippen LogP contribution in [0.25, 0.3) is 0 Å². The standard InChI is InChI=1S/C22H25F3N2O/c1-4-16-19(24)22(20(25)17(5-2)21(16)26-18(28)6-3)27-10-9-13-11-15(23)8-7-14(13)12-27/h7-8,11H,4-6,9-10,12H2,1-3H3,(H,26,28). The van der Waals surface area contributed by atoms with Gasteiger partial charge in [-0.25, -0.2) is 13.2 Å². The molecule has 1 aliphatic rings. The highest BCUT2D eigenvalue weighted by Gasteiger charge is 2.29. The van der Waals surface area contributed by atoms with Gasteiger partial charge in [-0.2, -0.15) is 0 Å². The zero-order chi connectivity index (χ0) is 20.4. The zero-order valence-electron chi connectivity index (χ0n) is 16.5. The number of hydrogen-bond acceptors (Lipinski definition) is 2. The zero-order valence-corrected chi connectivity index (χ0v) is 16.5. The molecule has 3 nitrogen and oxygen atoms in total. The summed E-state index contributed by atoms with van der Waals surface area (Å²) < 4.78 is 44.2. The topological polar surface area (TPSA) is 32.3 Å². The molecule has 0 radical (unpaired) electrons. The number of amides is 1. The van der Waals surface area contributed by atoms with Gasteiger partial charge in [0.2, 0.25) is 5.91 Å². The van der Waals surface area contributed by atoms with Crippen molar-refractivity contribution < 1.29 is 18.0 Å². The van der Waals surface area contributed by atoms with Crippen molar-refractivity contribution in [3.63, 3.8) is 0 Å². The Balaban J connectivity index is 2.09. The van der Waals surface area contributed by atoms with E-state index in [4.69, 9.17) is 0 Å². The van der Waals surface area contributed by atoms with Gasteiger partial charge in [0, 0.05) is 30.6 Å². The molecule has 0 unspecified atom stereocenters. The predicted molar refractivity (Wildman–Crippen MR) is 105 cm³/mol. The number of nitrogens with zero attached hydrogens (tertiary/aromatic N) is 1. The minimum atomic E-state index is -0.630. The maximum Gasteiger partial charge on any atom is 0.224 e. The third-order valence-electron chi connectivity index (χ3n) is 5.34. The molecule has 1 N–H and O–H groups in total. The summed E-state index contributed by atoms with van der Waals surface area (Å²) in [6.45, 7) is 5.99. The molecule has 2 aromatic carbocycles. The largest absolute Gasteiger partial charge is 0.362 e. The Morgan fingerprint density at radius 2 is 1.68 bits per heavy atom. The Kier molecular flexibility index (Phi) is 5.96. The van der Waals surface area contributed by atoms with Gasteiger partial charge in [-0.05, 0) is 42.5 Å². The van der Waals surface area contributed by atoms with Gasteiger partial charge in [0.25, 0.3) is 0 Å². The van der Waals surface area contributed by atoms with E-state index in [1.807, 2.05) is 0 Å². The number of halogens is 3. The monoisotopic (exact) mass is 390 g/mol. The fraction of sp³-hybridized carbons (Fsp3) is 0.409. The molecule has 150 valence electrons. The van der Waals surface area contributed by atoms with E-state index in [0.717, 1.165) is 11.1 Å². The summed E-state index contributed by atoms with van der Waals surface area (Å²) in [5, 5.41) is 2.69. The SMILES string of the molecule is CCC(=O)Nc1c(CC)c(F)c(N2CCc3cc(F)ccc3C2)c(F)c1CC.